The summed E-state index contributed by atoms with van der Waals surface area (Å²) in [7, 11) is 0. The molecule has 2 atom stereocenters. The summed E-state index contributed by atoms with van der Waals surface area (Å²) < 4.78 is 13.2. The third kappa shape index (κ3) is 2.05. The second-order valence-corrected chi connectivity index (χ2v) is 4.42. The van der Waals surface area contributed by atoms with Crippen LogP contribution in [0.5, 0.6) is 0 Å². The number of nitrogens with one attached hydrogen (secondary N) is 1. The van der Waals surface area contributed by atoms with Gasteiger partial charge in [-0.1, -0.05) is 26.3 Å². The third-order valence-corrected chi connectivity index (χ3v) is 3.20. The highest BCUT2D eigenvalue weighted by Gasteiger charge is 2.23. The van der Waals surface area contributed by atoms with Crippen LogP contribution < -0.4 is 5.32 Å². The molecule has 1 aliphatic heterocycles. The quantitative estimate of drug-likeness (QED) is 0.784. The molecule has 2 rings (SSSR count). The van der Waals surface area contributed by atoms with Gasteiger partial charge in [0.05, 0.1) is 0 Å². The normalized spacial score (nSPS) is 25.0. The molecule has 0 spiro atoms. The van der Waals surface area contributed by atoms with E-state index < -0.39 is 0 Å². The molecule has 1 aromatic carbocycles. The minimum atomic E-state index is -0.120. The molecule has 2 unspecified atom stereocenters. The van der Waals surface area contributed by atoms with Gasteiger partial charge in [-0.15, -0.1) is 0 Å². The molecule has 0 fully saturated rings. The first-order chi connectivity index (χ1) is 7.22. The van der Waals surface area contributed by atoms with Crippen LogP contribution in [0, 0.1) is 5.82 Å². The van der Waals surface area contributed by atoms with E-state index in [0.29, 0.717) is 12.0 Å². The van der Waals surface area contributed by atoms with E-state index in [9.17, 15) is 4.39 Å². The van der Waals surface area contributed by atoms with Crippen LogP contribution in [0.25, 0.3) is 0 Å². The zero-order chi connectivity index (χ0) is 10.8. The first-order valence-corrected chi connectivity index (χ1v) is 5.75. The van der Waals surface area contributed by atoms with Crippen molar-refractivity contribution in [3.8, 4) is 0 Å². The van der Waals surface area contributed by atoms with E-state index in [1.807, 2.05) is 6.07 Å². The Balaban J connectivity index is 2.37. The summed E-state index contributed by atoms with van der Waals surface area (Å²) in [5.41, 5.74) is 2.48. The fourth-order valence-corrected chi connectivity index (χ4v) is 2.38. The van der Waals surface area contributed by atoms with E-state index in [0.717, 1.165) is 24.9 Å². The summed E-state index contributed by atoms with van der Waals surface area (Å²) in [5.74, 6) is 0.374. The molecule has 1 nitrogen and oxygen atoms in total. The molecule has 0 aliphatic carbocycles. The predicted molar refractivity (Wildman–Crippen MR) is 60.5 cm³/mol. The fraction of sp³-hybridized carbons (Fsp3) is 0.538. The summed E-state index contributed by atoms with van der Waals surface area (Å²) in [6.07, 6.45) is 2.21. The van der Waals surface area contributed by atoms with Crippen LogP contribution in [-0.2, 0) is 0 Å². The van der Waals surface area contributed by atoms with Crippen molar-refractivity contribution in [2.24, 2.45) is 0 Å². The van der Waals surface area contributed by atoms with E-state index in [-0.39, 0.29) is 5.82 Å². The molecule has 82 valence electrons. The number of hydrogen-bond acceptors (Lipinski definition) is 1. The highest BCUT2D eigenvalue weighted by Crippen LogP contribution is 2.32. The average Bonchev–Trinajstić information content (AvgIpc) is 2.22. The van der Waals surface area contributed by atoms with Crippen molar-refractivity contribution in [2.75, 3.05) is 6.54 Å². The third-order valence-electron chi connectivity index (χ3n) is 3.20. The molecule has 0 saturated carbocycles. The van der Waals surface area contributed by atoms with Gasteiger partial charge >= 0.3 is 0 Å². The molecule has 1 aliphatic rings. The smallest absolute Gasteiger partial charge is 0.123 e. The Morgan fingerprint density at radius 2 is 2.20 bits per heavy atom. The van der Waals surface area contributed by atoms with Crippen molar-refractivity contribution in [1.29, 1.82) is 0 Å². The topological polar surface area (TPSA) is 12.0 Å². The van der Waals surface area contributed by atoms with Crippen LogP contribution in [0.2, 0.25) is 0 Å². The largest absolute Gasteiger partial charge is 0.309 e. The monoisotopic (exact) mass is 207 g/mol. The van der Waals surface area contributed by atoms with Gasteiger partial charge in [-0.05, 0) is 35.6 Å². The van der Waals surface area contributed by atoms with Gasteiger partial charge in [-0.3, -0.25) is 0 Å². The van der Waals surface area contributed by atoms with Gasteiger partial charge in [0.2, 0.25) is 0 Å². The van der Waals surface area contributed by atoms with Crippen molar-refractivity contribution in [2.45, 2.75) is 38.6 Å². The molecule has 1 heterocycles. The zero-order valence-corrected chi connectivity index (χ0v) is 9.39. The van der Waals surface area contributed by atoms with E-state index in [1.165, 1.54) is 5.56 Å². The number of hydrogen-bond donors (Lipinski definition) is 1. The van der Waals surface area contributed by atoms with Gasteiger partial charge in [0.1, 0.15) is 5.82 Å². The zero-order valence-electron chi connectivity index (χ0n) is 9.39. The predicted octanol–water partition coefficient (Wildman–Crippen LogP) is 3.37. The number of fused-ring (bicyclic) bond motifs is 1. The first kappa shape index (κ1) is 10.6. The molecule has 0 radical (unpaired) electrons. The molecule has 0 amide bonds. The SMILES string of the molecule is CCCC1NCC(C)c2ccc(F)cc21. The van der Waals surface area contributed by atoms with Crippen LogP contribution in [0.3, 0.4) is 0 Å². The van der Waals surface area contributed by atoms with Crippen molar-refractivity contribution in [3.05, 3.63) is 35.1 Å². The fourth-order valence-electron chi connectivity index (χ4n) is 2.38. The standard InChI is InChI=1S/C13H18FN/c1-3-4-13-12-7-10(14)5-6-11(12)9(2)8-15-13/h5-7,9,13,15H,3-4,8H2,1-2H3. The van der Waals surface area contributed by atoms with Crippen molar-refractivity contribution in [3.63, 3.8) is 0 Å². The van der Waals surface area contributed by atoms with Gasteiger partial charge in [-0.25, -0.2) is 4.39 Å². The van der Waals surface area contributed by atoms with Crippen LogP contribution in [0.15, 0.2) is 18.2 Å². The Bertz CT molecular complexity index is 348. The number of rotatable bonds is 2. The van der Waals surface area contributed by atoms with Crippen LogP contribution >= 0.6 is 0 Å². The van der Waals surface area contributed by atoms with E-state index in [2.05, 4.69) is 19.2 Å². The summed E-state index contributed by atoms with van der Waals surface area (Å²) in [6, 6.07) is 5.55. The molecule has 2 heteroatoms. The van der Waals surface area contributed by atoms with Crippen molar-refractivity contribution in [1.82, 2.24) is 5.32 Å². The van der Waals surface area contributed by atoms with Crippen LogP contribution in [-0.4, -0.2) is 6.54 Å². The molecule has 15 heavy (non-hydrogen) atoms. The average molecular weight is 207 g/mol. The van der Waals surface area contributed by atoms with Crippen LogP contribution in [0.4, 0.5) is 4.39 Å². The number of benzene rings is 1. The summed E-state index contributed by atoms with van der Waals surface area (Å²) in [4.78, 5) is 0. The summed E-state index contributed by atoms with van der Waals surface area (Å²) in [5, 5.41) is 3.49. The Morgan fingerprint density at radius 1 is 1.40 bits per heavy atom. The Kier molecular flexibility index (Phi) is 3.06. The molecule has 1 N–H and O–H groups in total. The van der Waals surface area contributed by atoms with Gasteiger partial charge in [-0.2, -0.15) is 0 Å². The summed E-state index contributed by atoms with van der Waals surface area (Å²) in [6.45, 7) is 5.36. The molecular formula is C13H18FN. The van der Waals surface area contributed by atoms with Crippen molar-refractivity contribution < 1.29 is 4.39 Å². The highest BCUT2D eigenvalue weighted by molar-refractivity contribution is 5.35. The second-order valence-electron chi connectivity index (χ2n) is 4.42. The minimum absolute atomic E-state index is 0.120. The molecule has 1 aromatic rings. The van der Waals surface area contributed by atoms with Gasteiger partial charge in [0, 0.05) is 12.6 Å². The Labute approximate surface area is 90.7 Å². The van der Waals surface area contributed by atoms with Crippen LogP contribution in [0.1, 0.15) is 49.8 Å². The summed E-state index contributed by atoms with van der Waals surface area (Å²) >= 11 is 0. The molecule has 0 aromatic heterocycles. The maximum atomic E-state index is 13.2. The highest BCUT2D eigenvalue weighted by atomic mass is 19.1. The lowest BCUT2D eigenvalue weighted by Gasteiger charge is -2.31. The van der Waals surface area contributed by atoms with Gasteiger partial charge < -0.3 is 5.32 Å². The maximum absolute atomic E-state index is 13.2. The van der Waals surface area contributed by atoms with Gasteiger partial charge in [0.25, 0.3) is 0 Å². The van der Waals surface area contributed by atoms with Crippen molar-refractivity contribution >= 4 is 0 Å². The van der Waals surface area contributed by atoms with E-state index >= 15 is 0 Å². The van der Waals surface area contributed by atoms with E-state index in [1.54, 1.807) is 12.1 Å². The minimum Gasteiger partial charge on any atom is -0.309 e. The number of halogens is 1. The lowest BCUT2D eigenvalue weighted by atomic mass is 9.86. The lowest BCUT2D eigenvalue weighted by Crippen LogP contribution is -2.32. The van der Waals surface area contributed by atoms with Gasteiger partial charge in [0.15, 0.2) is 0 Å². The molecule has 0 saturated heterocycles. The lowest BCUT2D eigenvalue weighted by molar-refractivity contribution is 0.438. The second kappa shape index (κ2) is 4.31. The Morgan fingerprint density at radius 3 is 2.93 bits per heavy atom. The van der Waals surface area contributed by atoms with E-state index in [4.69, 9.17) is 0 Å². The first-order valence-electron chi connectivity index (χ1n) is 5.75. The molecular weight excluding hydrogens is 189 g/mol. The molecule has 0 bridgehead atoms. The maximum Gasteiger partial charge on any atom is 0.123 e. The Hall–Kier alpha value is -0.890.